The van der Waals surface area contributed by atoms with E-state index in [4.69, 9.17) is 11.1 Å². The van der Waals surface area contributed by atoms with Gasteiger partial charge in [-0.05, 0) is 125 Å². The van der Waals surface area contributed by atoms with Crippen LogP contribution in [0.2, 0.25) is 0 Å². The lowest BCUT2D eigenvalue weighted by Gasteiger charge is -2.13. The number of amidine groups is 1. The minimum absolute atomic E-state index is 0.115. The lowest BCUT2D eigenvalue weighted by atomic mass is 10.0. The number of nitrogens with one attached hydrogen (secondary N) is 4. The standard InChI is InChI=1S/C46H81N5O4/c1-37(2)23-20-26-40(5)29-21-27-38(3)24-16-17-25-39(4)28-22-30-41(6)33-34-43(52)49-35-18-12-7-8-13-19-36-50-45(54)46(55)51-44(53)32-15-11-9-10-14-31-42(47)48/h23-25,29-30,46,55H,7-22,26-28,31-36H2,1-6H3,(H3,47,48)(H,49,52)(H,50,54)(H,51,53)/b38-24?,39-25?,40-29+,41-30?. The van der Waals surface area contributed by atoms with Gasteiger partial charge in [0.2, 0.25) is 18.0 Å². The minimum Gasteiger partial charge on any atom is -0.388 e. The van der Waals surface area contributed by atoms with E-state index in [1.165, 1.54) is 27.9 Å². The van der Waals surface area contributed by atoms with Crippen molar-refractivity contribution in [3.05, 3.63) is 58.2 Å². The SMILES string of the molecule is CC(C)=CCC/C(C)=C/CCC(C)=CCCC=C(C)CCC=C(C)CCC(=O)NCCCCCCCCNC(=O)C(O)NC(=O)CCCCCCCC(=N)N. The highest BCUT2D eigenvalue weighted by Gasteiger charge is 2.16. The summed E-state index contributed by atoms with van der Waals surface area (Å²) in [6, 6.07) is 0. The highest BCUT2D eigenvalue weighted by atomic mass is 16.3. The van der Waals surface area contributed by atoms with Gasteiger partial charge in [0.05, 0.1) is 5.84 Å². The highest BCUT2D eigenvalue weighted by molar-refractivity contribution is 5.86. The van der Waals surface area contributed by atoms with Gasteiger partial charge in [-0.15, -0.1) is 0 Å². The van der Waals surface area contributed by atoms with Crippen LogP contribution in [-0.2, 0) is 14.4 Å². The molecule has 0 bridgehead atoms. The molecule has 0 rings (SSSR count). The zero-order chi connectivity index (χ0) is 41.1. The van der Waals surface area contributed by atoms with Gasteiger partial charge in [0.1, 0.15) is 0 Å². The second-order valence-corrected chi connectivity index (χ2v) is 15.7. The molecule has 0 aliphatic rings. The first kappa shape index (κ1) is 51.5. The topological polar surface area (TPSA) is 157 Å². The molecule has 3 amide bonds. The number of nitrogens with two attached hydrogens (primary N) is 1. The Kier molecular flexibility index (Phi) is 32.8. The van der Waals surface area contributed by atoms with E-state index >= 15 is 0 Å². The predicted octanol–water partition coefficient (Wildman–Crippen LogP) is 10.3. The second kappa shape index (κ2) is 35.0. The third kappa shape index (κ3) is 36.0. The van der Waals surface area contributed by atoms with Crippen molar-refractivity contribution in [2.75, 3.05) is 13.1 Å². The summed E-state index contributed by atoms with van der Waals surface area (Å²) in [7, 11) is 0. The maximum absolute atomic E-state index is 12.3. The van der Waals surface area contributed by atoms with Crippen molar-refractivity contribution in [1.82, 2.24) is 16.0 Å². The third-order valence-corrected chi connectivity index (χ3v) is 9.67. The Balaban J connectivity index is 3.84. The lowest BCUT2D eigenvalue weighted by Crippen LogP contribution is -2.46. The first-order valence-corrected chi connectivity index (χ1v) is 21.4. The molecule has 55 heavy (non-hydrogen) atoms. The summed E-state index contributed by atoms with van der Waals surface area (Å²) in [4.78, 5) is 36.4. The van der Waals surface area contributed by atoms with E-state index in [0.29, 0.717) is 32.4 Å². The number of hydrogen-bond acceptors (Lipinski definition) is 5. The number of carbonyl (C=O) groups excluding carboxylic acids is 3. The van der Waals surface area contributed by atoms with Gasteiger partial charge in [0.15, 0.2) is 0 Å². The van der Waals surface area contributed by atoms with E-state index in [1.807, 2.05) is 0 Å². The number of allylic oxidation sites excluding steroid dienone is 10. The molecule has 0 radical (unpaired) electrons. The van der Waals surface area contributed by atoms with Gasteiger partial charge in [-0.2, -0.15) is 0 Å². The molecule has 0 fully saturated rings. The van der Waals surface area contributed by atoms with Gasteiger partial charge in [-0.3, -0.25) is 19.8 Å². The Labute approximate surface area is 336 Å². The van der Waals surface area contributed by atoms with Crippen LogP contribution in [0.4, 0.5) is 0 Å². The summed E-state index contributed by atoms with van der Waals surface area (Å²) >= 11 is 0. The zero-order valence-electron chi connectivity index (χ0n) is 35.9. The predicted molar refractivity (Wildman–Crippen MR) is 233 cm³/mol. The zero-order valence-corrected chi connectivity index (χ0v) is 35.9. The van der Waals surface area contributed by atoms with E-state index < -0.39 is 12.1 Å². The Hall–Kier alpha value is -3.46. The second-order valence-electron chi connectivity index (χ2n) is 15.7. The van der Waals surface area contributed by atoms with E-state index in [-0.39, 0.29) is 24.1 Å². The molecule has 0 spiro atoms. The smallest absolute Gasteiger partial charge is 0.269 e. The van der Waals surface area contributed by atoms with Crippen LogP contribution < -0.4 is 21.7 Å². The van der Waals surface area contributed by atoms with Crippen molar-refractivity contribution >= 4 is 23.6 Å². The molecule has 0 saturated heterocycles. The van der Waals surface area contributed by atoms with Crippen LogP contribution in [0.1, 0.15) is 189 Å². The summed E-state index contributed by atoms with van der Waals surface area (Å²) in [5.74, 6) is -0.595. The van der Waals surface area contributed by atoms with Crippen LogP contribution in [0.25, 0.3) is 0 Å². The van der Waals surface area contributed by atoms with Crippen LogP contribution in [0, 0.1) is 5.41 Å². The van der Waals surface area contributed by atoms with Gasteiger partial charge in [0, 0.05) is 32.4 Å². The number of aliphatic hydroxyl groups excluding tert-OH is 1. The number of amides is 3. The molecule has 0 aromatic carbocycles. The highest BCUT2D eigenvalue weighted by Crippen LogP contribution is 2.15. The summed E-state index contributed by atoms with van der Waals surface area (Å²) in [6.07, 6.45) is 31.6. The van der Waals surface area contributed by atoms with Gasteiger partial charge < -0.3 is 26.8 Å². The van der Waals surface area contributed by atoms with Crippen molar-refractivity contribution in [1.29, 1.82) is 5.41 Å². The average molecular weight is 768 g/mol. The molecule has 0 aliphatic carbocycles. The third-order valence-electron chi connectivity index (χ3n) is 9.67. The van der Waals surface area contributed by atoms with Gasteiger partial charge in [0.25, 0.3) is 5.91 Å². The van der Waals surface area contributed by atoms with Crippen molar-refractivity contribution in [2.24, 2.45) is 5.73 Å². The molecule has 9 nitrogen and oxygen atoms in total. The average Bonchev–Trinajstić information content (AvgIpc) is 3.12. The van der Waals surface area contributed by atoms with Crippen molar-refractivity contribution in [2.45, 2.75) is 195 Å². The molecule has 9 heteroatoms. The summed E-state index contributed by atoms with van der Waals surface area (Å²) in [6.45, 7) is 14.3. The van der Waals surface area contributed by atoms with E-state index in [1.54, 1.807) is 0 Å². The van der Waals surface area contributed by atoms with Gasteiger partial charge in [-0.1, -0.05) is 103 Å². The Morgan fingerprint density at radius 2 is 0.927 bits per heavy atom. The quantitative estimate of drug-likeness (QED) is 0.0126. The van der Waals surface area contributed by atoms with Crippen molar-refractivity contribution < 1.29 is 19.5 Å². The molecular formula is C46H81N5O4. The molecular weight excluding hydrogens is 687 g/mol. The molecule has 314 valence electrons. The van der Waals surface area contributed by atoms with Crippen molar-refractivity contribution in [3.63, 3.8) is 0 Å². The van der Waals surface area contributed by atoms with Crippen molar-refractivity contribution in [3.8, 4) is 0 Å². The fourth-order valence-corrected chi connectivity index (χ4v) is 6.06. The van der Waals surface area contributed by atoms with Crippen LogP contribution in [0.15, 0.2) is 58.2 Å². The Bertz CT molecular complexity index is 1240. The number of rotatable bonds is 34. The van der Waals surface area contributed by atoms with Gasteiger partial charge in [-0.25, -0.2) is 0 Å². The molecule has 0 aliphatic heterocycles. The first-order valence-electron chi connectivity index (χ1n) is 21.4. The maximum Gasteiger partial charge on any atom is 0.269 e. The lowest BCUT2D eigenvalue weighted by molar-refractivity contribution is -0.136. The number of unbranched alkanes of at least 4 members (excludes halogenated alkanes) is 10. The summed E-state index contributed by atoms with van der Waals surface area (Å²) in [5.41, 5.74) is 12.4. The van der Waals surface area contributed by atoms with E-state index in [2.05, 4.69) is 87.9 Å². The Morgan fingerprint density at radius 3 is 1.44 bits per heavy atom. The summed E-state index contributed by atoms with van der Waals surface area (Å²) in [5, 5.41) is 25.3. The molecule has 0 aromatic rings. The monoisotopic (exact) mass is 768 g/mol. The van der Waals surface area contributed by atoms with Crippen LogP contribution in [0.5, 0.6) is 0 Å². The van der Waals surface area contributed by atoms with Crippen LogP contribution in [0.3, 0.4) is 0 Å². The van der Waals surface area contributed by atoms with Crippen LogP contribution >= 0.6 is 0 Å². The molecule has 7 N–H and O–H groups in total. The number of hydrogen-bond donors (Lipinski definition) is 6. The maximum atomic E-state index is 12.3. The van der Waals surface area contributed by atoms with Crippen LogP contribution in [-0.4, -0.2) is 48.0 Å². The van der Waals surface area contributed by atoms with E-state index in [9.17, 15) is 19.5 Å². The molecule has 1 unspecified atom stereocenters. The first-order chi connectivity index (χ1) is 26.3. The Morgan fingerprint density at radius 1 is 0.509 bits per heavy atom. The van der Waals surface area contributed by atoms with E-state index in [0.717, 1.165) is 122 Å². The normalized spacial score (nSPS) is 13.0. The number of aliphatic hydroxyl groups is 1. The molecule has 1 atom stereocenters. The fourth-order valence-electron chi connectivity index (χ4n) is 6.06. The number of carbonyl (C=O) groups is 3. The summed E-state index contributed by atoms with van der Waals surface area (Å²) < 4.78 is 0. The fraction of sp³-hybridized carbons (Fsp3) is 0.696. The molecule has 0 aromatic heterocycles. The molecule has 0 heterocycles. The largest absolute Gasteiger partial charge is 0.388 e. The molecule has 0 saturated carbocycles. The van der Waals surface area contributed by atoms with Gasteiger partial charge >= 0.3 is 0 Å². The minimum atomic E-state index is -1.53.